The number of allylic oxidation sites excluding steroid dienone is 2. The third-order valence-corrected chi connectivity index (χ3v) is 8.17. The van der Waals surface area contributed by atoms with Gasteiger partial charge in [0.25, 0.3) is 0 Å². The summed E-state index contributed by atoms with van der Waals surface area (Å²) in [6.07, 6.45) is 12.6. The second-order valence-corrected chi connectivity index (χ2v) is 10.8. The van der Waals surface area contributed by atoms with Gasteiger partial charge in [0.15, 0.2) is 0 Å². The van der Waals surface area contributed by atoms with E-state index in [4.69, 9.17) is 15.9 Å². The summed E-state index contributed by atoms with van der Waals surface area (Å²) in [6, 6.07) is 14.5. The summed E-state index contributed by atoms with van der Waals surface area (Å²) in [5.74, 6) is 8.37. The van der Waals surface area contributed by atoms with E-state index in [1.54, 1.807) is 7.11 Å². The van der Waals surface area contributed by atoms with Crippen molar-refractivity contribution in [2.24, 2.45) is 17.6 Å². The number of nitrogens with two attached hydrogens (primary N) is 1. The van der Waals surface area contributed by atoms with Gasteiger partial charge in [0, 0.05) is 29.9 Å². The number of nitrogens with one attached hydrogen (secondary N) is 1. The Labute approximate surface area is 228 Å². The number of anilines is 1. The van der Waals surface area contributed by atoms with Crippen molar-refractivity contribution >= 4 is 17.8 Å². The first kappa shape index (κ1) is 27.5. The van der Waals surface area contributed by atoms with Crippen LogP contribution in [-0.4, -0.2) is 25.8 Å². The minimum absolute atomic E-state index is 0.114. The van der Waals surface area contributed by atoms with E-state index in [2.05, 4.69) is 41.9 Å². The molecule has 5 heteroatoms. The Hall–Kier alpha value is -3.52. The van der Waals surface area contributed by atoms with E-state index in [9.17, 15) is 4.79 Å². The van der Waals surface area contributed by atoms with Crippen LogP contribution in [0.5, 0.6) is 5.75 Å². The number of rotatable bonds is 7. The van der Waals surface area contributed by atoms with Gasteiger partial charge in [0.05, 0.1) is 12.8 Å². The Morgan fingerprint density at radius 3 is 2.53 bits per heavy atom. The van der Waals surface area contributed by atoms with Crippen LogP contribution >= 0.6 is 0 Å². The number of carbonyl (C=O) groups is 1. The number of aryl methyl sites for hydroxylation is 1. The number of hydrogen-bond acceptors (Lipinski definition) is 4. The first-order chi connectivity index (χ1) is 18.5. The minimum atomic E-state index is 0.114. The van der Waals surface area contributed by atoms with Crippen LogP contribution in [0.3, 0.4) is 0 Å². The Morgan fingerprint density at radius 2 is 1.84 bits per heavy atom. The number of nitrogens with zero attached hydrogens (tertiary/aromatic N) is 1. The molecule has 0 unspecified atom stereocenters. The molecule has 0 heterocycles. The van der Waals surface area contributed by atoms with Gasteiger partial charge >= 0.3 is 0 Å². The first-order valence-electron chi connectivity index (χ1n) is 14.0. The highest BCUT2D eigenvalue weighted by atomic mass is 16.5. The molecule has 2 aliphatic rings. The predicted molar refractivity (Wildman–Crippen MR) is 156 cm³/mol. The minimum Gasteiger partial charge on any atom is -0.496 e. The molecule has 5 nitrogen and oxygen atoms in total. The van der Waals surface area contributed by atoms with Crippen molar-refractivity contribution in [2.45, 2.75) is 70.6 Å². The van der Waals surface area contributed by atoms with Crippen molar-refractivity contribution in [3.63, 3.8) is 0 Å². The topological polar surface area (TPSA) is 79.4 Å². The lowest BCUT2D eigenvalue weighted by atomic mass is 9.78. The summed E-state index contributed by atoms with van der Waals surface area (Å²) in [4.78, 5) is 15.9. The molecule has 4 rings (SSSR count). The molecule has 0 atom stereocenters. The normalized spacial score (nSPS) is 20.2. The maximum absolute atomic E-state index is 13.8. The van der Waals surface area contributed by atoms with Gasteiger partial charge in [0.2, 0.25) is 5.91 Å². The SMILES string of the molecule is COc1ccc(C2CCC(CN(C(=O)C3CCCCC3)c3cccc(C#CC(N)=CC=N)c3)CC2)cc1C. The molecule has 2 aliphatic carbocycles. The summed E-state index contributed by atoms with van der Waals surface area (Å²) in [6.45, 7) is 2.87. The number of hydrogen-bond donors (Lipinski definition) is 2. The highest BCUT2D eigenvalue weighted by Gasteiger charge is 2.31. The summed E-state index contributed by atoms with van der Waals surface area (Å²) in [5, 5.41) is 7.16. The zero-order valence-corrected chi connectivity index (χ0v) is 22.8. The second-order valence-electron chi connectivity index (χ2n) is 10.8. The van der Waals surface area contributed by atoms with Crippen LogP contribution in [0.4, 0.5) is 5.69 Å². The maximum atomic E-state index is 13.8. The molecular formula is C33H41N3O2. The van der Waals surface area contributed by atoms with E-state index in [1.807, 2.05) is 24.3 Å². The Kier molecular flexibility index (Phi) is 9.65. The van der Waals surface area contributed by atoms with Crippen LogP contribution in [0.25, 0.3) is 0 Å². The molecule has 38 heavy (non-hydrogen) atoms. The molecule has 0 spiro atoms. The molecule has 3 N–H and O–H groups in total. The summed E-state index contributed by atoms with van der Waals surface area (Å²) in [5.41, 5.74) is 10.5. The number of benzene rings is 2. The van der Waals surface area contributed by atoms with Gasteiger partial charge in [-0.2, -0.15) is 0 Å². The summed E-state index contributed by atoms with van der Waals surface area (Å²) < 4.78 is 5.44. The number of methoxy groups -OCH3 is 1. The smallest absolute Gasteiger partial charge is 0.230 e. The van der Waals surface area contributed by atoms with Crippen molar-refractivity contribution in [3.8, 4) is 17.6 Å². The second kappa shape index (κ2) is 13.3. The molecular weight excluding hydrogens is 470 g/mol. The van der Waals surface area contributed by atoms with Crippen molar-refractivity contribution in [3.05, 3.63) is 70.9 Å². The van der Waals surface area contributed by atoms with Gasteiger partial charge in [-0.25, -0.2) is 0 Å². The van der Waals surface area contributed by atoms with Gasteiger partial charge in [0.1, 0.15) is 5.75 Å². The van der Waals surface area contributed by atoms with Crippen LogP contribution in [0.2, 0.25) is 0 Å². The molecule has 0 radical (unpaired) electrons. The van der Waals surface area contributed by atoms with E-state index in [0.29, 0.717) is 17.5 Å². The van der Waals surface area contributed by atoms with Crippen LogP contribution < -0.4 is 15.4 Å². The van der Waals surface area contributed by atoms with Crippen LogP contribution in [0, 0.1) is 36.0 Å². The van der Waals surface area contributed by atoms with Gasteiger partial charge < -0.3 is 20.8 Å². The third kappa shape index (κ3) is 7.07. The van der Waals surface area contributed by atoms with Crippen molar-refractivity contribution in [2.75, 3.05) is 18.6 Å². The highest BCUT2D eigenvalue weighted by Crippen LogP contribution is 2.38. The zero-order chi connectivity index (χ0) is 26.9. The molecule has 2 saturated carbocycles. The van der Waals surface area contributed by atoms with Crippen LogP contribution in [0.15, 0.2) is 54.2 Å². The van der Waals surface area contributed by atoms with Gasteiger partial charge in [-0.05, 0) is 105 Å². The first-order valence-corrected chi connectivity index (χ1v) is 14.0. The van der Waals surface area contributed by atoms with Gasteiger partial charge in [-0.1, -0.05) is 43.4 Å². The van der Waals surface area contributed by atoms with E-state index in [1.165, 1.54) is 23.6 Å². The summed E-state index contributed by atoms with van der Waals surface area (Å²) >= 11 is 0. The molecule has 1 amide bonds. The van der Waals surface area contributed by atoms with E-state index in [-0.39, 0.29) is 11.8 Å². The molecule has 0 aliphatic heterocycles. The molecule has 2 fully saturated rings. The molecule has 2 aromatic carbocycles. The lowest BCUT2D eigenvalue weighted by Crippen LogP contribution is -2.41. The standard InChI is InChI=1S/C33H41N3O2/c1-24-21-29(16-18-32(24)38-2)27-14-11-26(12-15-27)23-36(33(37)28-8-4-3-5-9-28)31-10-6-7-25(22-31)13-17-30(35)19-20-34/h6-7,10,16,18-22,26-28,34H,3-5,8-9,11-12,14-15,23,35H2,1-2H3. The number of amides is 1. The molecule has 0 bridgehead atoms. The fraction of sp³-hybridized carbons (Fsp3) is 0.455. The number of ether oxygens (including phenoxy) is 1. The molecule has 2 aromatic rings. The molecule has 0 saturated heterocycles. The fourth-order valence-electron chi connectivity index (χ4n) is 6.01. The van der Waals surface area contributed by atoms with Gasteiger partial charge in [-0.3, -0.25) is 4.79 Å². The van der Waals surface area contributed by atoms with E-state index >= 15 is 0 Å². The van der Waals surface area contributed by atoms with Crippen LogP contribution in [0.1, 0.15) is 80.4 Å². The van der Waals surface area contributed by atoms with Crippen molar-refractivity contribution < 1.29 is 9.53 Å². The average Bonchev–Trinajstić information content (AvgIpc) is 2.95. The fourth-order valence-corrected chi connectivity index (χ4v) is 6.01. The molecule has 200 valence electrons. The van der Waals surface area contributed by atoms with E-state index in [0.717, 1.165) is 81.1 Å². The lowest BCUT2D eigenvalue weighted by molar-refractivity contribution is -0.123. The largest absolute Gasteiger partial charge is 0.496 e. The quantitative estimate of drug-likeness (QED) is 0.319. The Bertz CT molecular complexity index is 1210. The lowest BCUT2D eigenvalue weighted by Gasteiger charge is -2.35. The van der Waals surface area contributed by atoms with Crippen molar-refractivity contribution in [1.82, 2.24) is 0 Å². The summed E-state index contributed by atoms with van der Waals surface area (Å²) in [7, 11) is 1.72. The van der Waals surface area contributed by atoms with E-state index < -0.39 is 0 Å². The highest BCUT2D eigenvalue weighted by molar-refractivity contribution is 5.95. The van der Waals surface area contributed by atoms with Gasteiger partial charge in [-0.15, -0.1) is 0 Å². The Balaban J connectivity index is 1.50. The average molecular weight is 512 g/mol. The Morgan fingerprint density at radius 1 is 1.08 bits per heavy atom. The maximum Gasteiger partial charge on any atom is 0.230 e. The number of carbonyl (C=O) groups excluding carboxylic acids is 1. The van der Waals surface area contributed by atoms with Crippen molar-refractivity contribution in [1.29, 1.82) is 5.41 Å². The zero-order valence-electron chi connectivity index (χ0n) is 22.8. The third-order valence-electron chi connectivity index (χ3n) is 8.17. The monoisotopic (exact) mass is 511 g/mol. The molecule has 0 aromatic heterocycles. The van der Waals surface area contributed by atoms with Crippen LogP contribution in [-0.2, 0) is 4.79 Å². The predicted octanol–water partition coefficient (Wildman–Crippen LogP) is 6.73.